The number of ether oxygens (including phenoxy) is 1. The number of H-pyrrole nitrogens is 1. The van der Waals surface area contributed by atoms with Crippen LogP contribution in [-0.4, -0.2) is 55.2 Å². The number of hydrogen-bond acceptors (Lipinski definition) is 5. The number of alkyl halides is 3. The molecule has 1 aliphatic heterocycles. The molecule has 1 aromatic heterocycles. The number of hydrogen-bond donors (Lipinski definition) is 1. The van der Waals surface area contributed by atoms with Gasteiger partial charge < -0.3 is 14.6 Å². The van der Waals surface area contributed by atoms with Gasteiger partial charge >= 0.3 is 6.36 Å². The molecule has 0 radical (unpaired) electrons. The van der Waals surface area contributed by atoms with Crippen molar-refractivity contribution in [3.8, 4) is 5.75 Å². The summed E-state index contributed by atoms with van der Waals surface area (Å²) in [5.41, 5.74) is 1.73. The van der Waals surface area contributed by atoms with E-state index in [1.807, 2.05) is 29.2 Å². The molecule has 3 aromatic rings. The Hall–Kier alpha value is -2.79. The Kier molecular flexibility index (Phi) is 4.87. The number of nitrogens with one attached hydrogen (secondary N) is 1. The summed E-state index contributed by atoms with van der Waals surface area (Å²) >= 11 is 0. The molecule has 1 aliphatic rings. The Morgan fingerprint density at radius 1 is 0.966 bits per heavy atom. The Bertz CT molecular complexity index is 1070. The molecule has 0 aliphatic carbocycles. The number of piperazine rings is 1. The number of anilines is 1. The molecule has 1 N–H and O–H groups in total. The van der Waals surface area contributed by atoms with E-state index in [0.717, 1.165) is 35.3 Å². The van der Waals surface area contributed by atoms with Gasteiger partial charge in [-0.25, -0.2) is 13.4 Å². The molecular weight excluding hydrogens is 409 g/mol. The summed E-state index contributed by atoms with van der Waals surface area (Å²) in [4.78, 5) is 9.62. The number of rotatable bonds is 4. The monoisotopic (exact) mass is 426 g/mol. The van der Waals surface area contributed by atoms with E-state index in [-0.39, 0.29) is 18.0 Å². The predicted octanol–water partition coefficient (Wildman–Crippen LogP) is 2.97. The minimum atomic E-state index is -4.83. The van der Waals surface area contributed by atoms with E-state index >= 15 is 0 Å². The summed E-state index contributed by atoms with van der Waals surface area (Å²) < 4.78 is 67.4. The summed E-state index contributed by atoms with van der Waals surface area (Å²) in [5.74, 6) is 0.211. The lowest BCUT2D eigenvalue weighted by molar-refractivity contribution is -0.274. The molecule has 1 fully saturated rings. The fraction of sp³-hybridized carbons (Fsp3) is 0.278. The van der Waals surface area contributed by atoms with Crippen molar-refractivity contribution >= 4 is 27.0 Å². The molecular formula is C18H17F3N4O3S. The number of benzene rings is 2. The average molecular weight is 426 g/mol. The van der Waals surface area contributed by atoms with Crippen LogP contribution in [0.4, 0.5) is 19.1 Å². The highest BCUT2D eigenvalue weighted by atomic mass is 32.2. The molecule has 11 heteroatoms. The summed E-state index contributed by atoms with van der Waals surface area (Å²) in [5, 5.41) is 0. The van der Waals surface area contributed by atoms with Gasteiger partial charge in [-0.15, -0.1) is 13.2 Å². The maximum Gasteiger partial charge on any atom is 0.573 e. The van der Waals surface area contributed by atoms with Crippen molar-refractivity contribution in [2.45, 2.75) is 11.3 Å². The van der Waals surface area contributed by atoms with Crippen LogP contribution in [0, 0.1) is 0 Å². The summed E-state index contributed by atoms with van der Waals surface area (Å²) in [6, 6.07) is 11.8. The lowest BCUT2D eigenvalue weighted by atomic mass is 10.3. The lowest BCUT2D eigenvalue weighted by Gasteiger charge is -2.33. The van der Waals surface area contributed by atoms with Crippen LogP contribution >= 0.6 is 0 Å². The SMILES string of the molecule is O=S(=O)(c1ccc(OC(F)(F)F)cc1)N1CCN(c2nc3ccccc3[nH]2)CC1. The first-order valence-corrected chi connectivity index (χ1v) is 10.2. The normalized spacial score (nSPS) is 16.3. The molecule has 1 saturated heterocycles. The molecule has 154 valence electrons. The van der Waals surface area contributed by atoms with Crippen LogP contribution in [0.25, 0.3) is 11.0 Å². The highest BCUT2D eigenvalue weighted by Gasteiger charge is 2.32. The molecule has 0 spiro atoms. The fourth-order valence-electron chi connectivity index (χ4n) is 3.19. The zero-order valence-electron chi connectivity index (χ0n) is 15.1. The second-order valence-electron chi connectivity index (χ2n) is 6.49. The van der Waals surface area contributed by atoms with Crippen molar-refractivity contribution in [1.82, 2.24) is 14.3 Å². The van der Waals surface area contributed by atoms with Crippen LogP contribution in [0.1, 0.15) is 0 Å². The standard InChI is InChI=1S/C18H17F3N4O3S/c19-18(20,21)28-13-5-7-14(8-6-13)29(26,27)25-11-9-24(10-12-25)17-22-15-3-1-2-4-16(15)23-17/h1-8H,9-12H2,(H,22,23). The van der Waals surface area contributed by atoms with Crippen LogP contribution in [0.15, 0.2) is 53.4 Å². The van der Waals surface area contributed by atoms with Crippen LogP contribution < -0.4 is 9.64 Å². The molecule has 0 unspecified atom stereocenters. The van der Waals surface area contributed by atoms with E-state index in [1.165, 1.54) is 4.31 Å². The Morgan fingerprint density at radius 3 is 2.24 bits per heavy atom. The second kappa shape index (κ2) is 7.23. The Labute approximate surface area is 164 Å². The van der Waals surface area contributed by atoms with E-state index in [9.17, 15) is 21.6 Å². The van der Waals surface area contributed by atoms with E-state index < -0.39 is 22.1 Å². The highest BCUT2D eigenvalue weighted by Crippen LogP contribution is 2.26. The molecule has 4 rings (SSSR count). The van der Waals surface area contributed by atoms with Crippen molar-refractivity contribution < 1.29 is 26.3 Å². The van der Waals surface area contributed by atoms with Crippen LogP contribution in [0.3, 0.4) is 0 Å². The summed E-state index contributed by atoms with van der Waals surface area (Å²) in [7, 11) is -3.81. The van der Waals surface area contributed by atoms with E-state index in [0.29, 0.717) is 19.0 Å². The van der Waals surface area contributed by atoms with Gasteiger partial charge in [0.15, 0.2) is 0 Å². The van der Waals surface area contributed by atoms with Gasteiger partial charge in [0.05, 0.1) is 15.9 Å². The largest absolute Gasteiger partial charge is 0.573 e. The quantitative estimate of drug-likeness (QED) is 0.694. The van der Waals surface area contributed by atoms with Gasteiger partial charge in [-0.2, -0.15) is 4.31 Å². The number of imidazole rings is 1. The number of fused-ring (bicyclic) bond motifs is 1. The van der Waals surface area contributed by atoms with Gasteiger partial charge in [-0.1, -0.05) is 12.1 Å². The average Bonchev–Trinajstić information content (AvgIpc) is 3.11. The van der Waals surface area contributed by atoms with Crippen molar-refractivity contribution in [2.24, 2.45) is 0 Å². The maximum atomic E-state index is 12.8. The third kappa shape index (κ3) is 4.15. The highest BCUT2D eigenvalue weighted by molar-refractivity contribution is 7.89. The fourth-order valence-corrected chi connectivity index (χ4v) is 4.61. The number of halogens is 3. The number of para-hydroxylation sites is 2. The minimum absolute atomic E-state index is 0.0794. The Balaban J connectivity index is 1.44. The molecule has 2 aromatic carbocycles. The number of aromatic amines is 1. The third-order valence-corrected chi connectivity index (χ3v) is 6.52. The first kappa shape index (κ1) is 19.5. The van der Waals surface area contributed by atoms with E-state index in [4.69, 9.17) is 0 Å². The zero-order chi connectivity index (χ0) is 20.6. The van der Waals surface area contributed by atoms with Crippen molar-refractivity contribution in [3.63, 3.8) is 0 Å². The first-order chi connectivity index (χ1) is 13.7. The van der Waals surface area contributed by atoms with Gasteiger partial charge in [0.1, 0.15) is 5.75 Å². The number of nitrogens with zero attached hydrogens (tertiary/aromatic N) is 3. The summed E-state index contributed by atoms with van der Waals surface area (Å²) in [6.07, 6.45) is -4.83. The van der Waals surface area contributed by atoms with Crippen LogP contribution in [-0.2, 0) is 10.0 Å². The first-order valence-electron chi connectivity index (χ1n) is 8.78. The topological polar surface area (TPSA) is 78.5 Å². The smallest absolute Gasteiger partial charge is 0.406 e. The number of aromatic nitrogens is 2. The van der Waals surface area contributed by atoms with Crippen LogP contribution in [0.2, 0.25) is 0 Å². The van der Waals surface area contributed by atoms with Gasteiger partial charge in [0.2, 0.25) is 16.0 Å². The van der Waals surface area contributed by atoms with Crippen molar-refractivity contribution in [3.05, 3.63) is 48.5 Å². The van der Waals surface area contributed by atoms with E-state index in [2.05, 4.69) is 14.7 Å². The lowest BCUT2D eigenvalue weighted by Crippen LogP contribution is -2.49. The molecule has 29 heavy (non-hydrogen) atoms. The molecule has 2 heterocycles. The molecule has 0 saturated carbocycles. The Morgan fingerprint density at radius 2 is 1.62 bits per heavy atom. The second-order valence-corrected chi connectivity index (χ2v) is 8.43. The number of sulfonamides is 1. The minimum Gasteiger partial charge on any atom is -0.406 e. The van der Waals surface area contributed by atoms with Crippen LogP contribution in [0.5, 0.6) is 5.75 Å². The van der Waals surface area contributed by atoms with Crippen molar-refractivity contribution in [1.29, 1.82) is 0 Å². The molecule has 0 atom stereocenters. The third-order valence-electron chi connectivity index (χ3n) is 4.61. The van der Waals surface area contributed by atoms with Gasteiger partial charge in [-0.3, -0.25) is 0 Å². The maximum absolute atomic E-state index is 12.8. The van der Waals surface area contributed by atoms with Gasteiger partial charge in [-0.05, 0) is 36.4 Å². The predicted molar refractivity (Wildman–Crippen MR) is 100 cm³/mol. The molecule has 0 amide bonds. The molecule has 0 bridgehead atoms. The van der Waals surface area contributed by atoms with Crippen molar-refractivity contribution in [2.75, 3.05) is 31.1 Å². The van der Waals surface area contributed by atoms with Gasteiger partial charge in [0, 0.05) is 26.2 Å². The summed E-state index contributed by atoms with van der Waals surface area (Å²) in [6.45, 7) is 1.35. The van der Waals surface area contributed by atoms with E-state index in [1.54, 1.807) is 0 Å². The molecule has 7 nitrogen and oxygen atoms in total. The van der Waals surface area contributed by atoms with Gasteiger partial charge in [0.25, 0.3) is 0 Å². The zero-order valence-corrected chi connectivity index (χ0v) is 15.9.